The van der Waals surface area contributed by atoms with E-state index in [1.807, 2.05) is 0 Å². The van der Waals surface area contributed by atoms with Gasteiger partial charge in [0.1, 0.15) is 0 Å². The molecule has 2 aromatic rings. The summed E-state index contributed by atoms with van der Waals surface area (Å²) in [6.07, 6.45) is 0. The zero-order chi connectivity index (χ0) is 6.10. The monoisotopic (exact) mass is 158 g/mol. The molecular weight excluding hydrogens is 153 g/mol. The minimum absolute atomic E-state index is 0. The maximum Gasteiger partial charge on any atom is 1.00 e. The fraction of sp³-hybridized carbons (Fsp3) is 0. The van der Waals surface area contributed by atoms with E-state index in [1.54, 1.807) is 0 Å². The molecule has 2 rings (SSSR count). The summed E-state index contributed by atoms with van der Waals surface area (Å²) < 4.78 is 0. The van der Waals surface area contributed by atoms with E-state index in [1.165, 1.54) is 26.6 Å². The Morgan fingerprint density at radius 3 is 2.80 bits per heavy atom. The van der Waals surface area contributed by atoms with Gasteiger partial charge in [-0.15, -0.1) is 10.2 Å². The number of fused-ring (bicyclic) bond motifs is 1. The first-order chi connectivity index (χ1) is 4.47. The predicted molar refractivity (Wildman–Crippen MR) is 44.6 cm³/mol. The minimum atomic E-state index is 0. The van der Waals surface area contributed by atoms with Crippen molar-refractivity contribution in [2.24, 2.45) is 0 Å². The molecular formula is C7H5LiP2. The Balaban J connectivity index is 0.000000500. The van der Waals surface area contributed by atoms with Crippen molar-refractivity contribution in [2.45, 2.75) is 0 Å². The second-order valence-electron chi connectivity index (χ2n) is 1.86. The molecule has 0 saturated carbocycles. The summed E-state index contributed by atoms with van der Waals surface area (Å²) in [4.78, 5) is 0. The van der Waals surface area contributed by atoms with Crippen molar-refractivity contribution >= 4 is 26.6 Å². The second-order valence-corrected chi connectivity index (χ2v) is 4.27. The molecule has 0 aliphatic carbocycles. The van der Waals surface area contributed by atoms with E-state index in [0.29, 0.717) is 0 Å². The van der Waals surface area contributed by atoms with Crippen molar-refractivity contribution in [2.75, 3.05) is 0 Å². The SMILES string of the molecule is [Li+].c1ccc2[p-]cpc2c1. The molecule has 0 radical (unpaired) electrons. The maximum atomic E-state index is 2.27. The van der Waals surface area contributed by atoms with E-state index in [0.717, 1.165) is 0 Å². The fourth-order valence-corrected chi connectivity index (χ4v) is 3.17. The van der Waals surface area contributed by atoms with Gasteiger partial charge in [0.05, 0.1) is 0 Å². The number of benzene rings is 1. The Morgan fingerprint density at radius 2 is 2.00 bits per heavy atom. The van der Waals surface area contributed by atoms with Gasteiger partial charge in [0.2, 0.25) is 0 Å². The molecule has 0 fully saturated rings. The molecule has 0 saturated heterocycles. The third-order valence-electron chi connectivity index (χ3n) is 1.28. The van der Waals surface area contributed by atoms with Gasteiger partial charge < -0.3 is 16.4 Å². The summed E-state index contributed by atoms with van der Waals surface area (Å²) in [6.45, 7) is 0. The van der Waals surface area contributed by atoms with E-state index in [9.17, 15) is 0 Å². The zero-order valence-corrected chi connectivity index (χ0v) is 7.57. The van der Waals surface area contributed by atoms with Gasteiger partial charge in [-0.2, -0.15) is 5.53 Å². The molecule has 0 amide bonds. The van der Waals surface area contributed by atoms with Crippen LogP contribution in [-0.2, 0) is 0 Å². The molecule has 1 aromatic heterocycles. The van der Waals surface area contributed by atoms with Crippen LogP contribution in [0.5, 0.6) is 0 Å². The normalized spacial score (nSPS) is 10.8. The second kappa shape index (κ2) is 3.61. The van der Waals surface area contributed by atoms with Crippen LogP contribution in [0.25, 0.3) is 10.2 Å². The van der Waals surface area contributed by atoms with Crippen LogP contribution < -0.4 is 18.9 Å². The predicted octanol–water partition coefficient (Wildman–Crippen LogP) is 0.723. The van der Waals surface area contributed by atoms with E-state index in [2.05, 4.69) is 29.8 Å². The number of hydrogen-bond acceptors (Lipinski definition) is 0. The molecule has 0 aliphatic heterocycles. The average molecular weight is 158 g/mol. The van der Waals surface area contributed by atoms with Crippen LogP contribution in [0.4, 0.5) is 0 Å². The first-order valence-corrected chi connectivity index (χ1v) is 4.72. The summed E-state index contributed by atoms with van der Waals surface area (Å²) in [6, 6.07) is 8.57. The molecule has 0 aliphatic rings. The molecule has 0 spiro atoms. The Kier molecular flexibility index (Phi) is 3.03. The van der Waals surface area contributed by atoms with E-state index in [4.69, 9.17) is 0 Å². The Hall–Kier alpha value is 0.287. The van der Waals surface area contributed by atoms with E-state index >= 15 is 0 Å². The van der Waals surface area contributed by atoms with Gasteiger partial charge in [-0.1, -0.05) is 24.3 Å². The van der Waals surface area contributed by atoms with Gasteiger partial charge in [0.25, 0.3) is 0 Å². The molecule has 0 unspecified atom stereocenters. The van der Waals surface area contributed by atoms with Gasteiger partial charge in [-0.05, 0) is 0 Å². The minimum Gasteiger partial charge on any atom is -0.307 e. The number of rotatable bonds is 0. The standard InChI is InChI=1S/C7H5P2.Li/c1-2-4-7-6(3-1)8-5-9-7;/h1-5H;/q-1;+1. The van der Waals surface area contributed by atoms with Crippen LogP contribution in [0.2, 0.25) is 0 Å². The Morgan fingerprint density at radius 1 is 1.20 bits per heavy atom. The van der Waals surface area contributed by atoms with Gasteiger partial charge >= 0.3 is 18.9 Å². The van der Waals surface area contributed by atoms with E-state index < -0.39 is 0 Å². The largest absolute Gasteiger partial charge is 1.00 e. The van der Waals surface area contributed by atoms with Gasteiger partial charge in [0, 0.05) is 0 Å². The number of hydrogen-bond donors (Lipinski definition) is 0. The van der Waals surface area contributed by atoms with Gasteiger partial charge in [0.15, 0.2) is 0 Å². The molecule has 0 nitrogen and oxygen atoms in total. The van der Waals surface area contributed by atoms with Crippen molar-refractivity contribution in [1.82, 2.24) is 0 Å². The van der Waals surface area contributed by atoms with Crippen LogP contribution in [0.1, 0.15) is 0 Å². The molecule has 1 aromatic carbocycles. The summed E-state index contributed by atoms with van der Waals surface area (Å²) in [5, 5.41) is 2.94. The molecule has 44 valence electrons. The Bertz CT molecular complexity index is 286. The summed E-state index contributed by atoms with van der Waals surface area (Å²) in [5.74, 6) is 0. The van der Waals surface area contributed by atoms with Crippen molar-refractivity contribution in [3.8, 4) is 0 Å². The van der Waals surface area contributed by atoms with Crippen LogP contribution in [0.3, 0.4) is 0 Å². The Labute approximate surface area is 75.4 Å². The van der Waals surface area contributed by atoms with Crippen molar-refractivity contribution < 1.29 is 18.9 Å². The summed E-state index contributed by atoms with van der Waals surface area (Å²) in [7, 11) is 2.77. The molecule has 0 N–H and O–H groups in total. The first kappa shape index (κ1) is 8.38. The fourth-order valence-electron chi connectivity index (χ4n) is 0.836. The molecule has 0 bridgehead atoms. The topological polar surface area (TPSA) is 0 Å². The molecule has 0 atom stereocenters. The maximum absolute atomic E-state index is 2.27. The first-order valence-electron chi connectivity index (χ1n) is 2.79. The van der Waals surface area contributed by atoms with Crippen molar-refractivity contribution in [3.05, 3.63) is 29.8 Å². The van der Waals surface area contributed by atoms with E-state index in [-0.39, 0.29) is 18.9 Å². The smallest absolute Gasteiger partial charge is 0.307 e. The zero-order valence-electron chi connectivity index (χ0n) is 5.78. The third-order valence-corrected chi connectivity index (χ3v) is 3.71. The van der Waals surface area contributed by atoms with Crippen LogP contribution in [0, 0.1) is 0 Å². The average Bonchev–Trinajstić information content (AvgIpc) is 2.33. The van der Waals surface area contributed by atoms with Crippen LogP contribution in [0.15, 0.2) is 29.8 Å². The van der Waals surface area contributed by atoms with Crippen LogP contribution in [-0.4, -0.2) is 0 Å². The van der Waals surface area contributed by atoms with Crippen LogP contribution >= 0.6 is 16.4 Å². The summed E-state index contributed by atoms with van der Waals surface area (Å²) >= 11 is 0. The molecule has 1 heterocycles. The molecule has 3 heteroatoms. The van der Waals surface area contributed by atoms with Crippen molar-refractivity contribution in [1.29, 1.82) is 0 Å². The summed E-state index contributed by atoms with van der Waals surface area (Å²) in [5.41, 5.74) is 2.27. The third kappa shape index (κ3) is 1.47. The van der Waals surface area contributed by atoms with Gasteiger partial charge in [-0.3, -0.25) is 0 Å². The quantitative estimate of drug-likeness (QED) is 0.495. The van der Waals surface area contributed by atoms with Crippen molar-refractivity contribution in [3.63, 3.8) is 0 Å². The molecule has 10 heavy (non-hydrogen) atoms. The van der Waals surface area contributed by atoms with Gasteiger partial charge in [-0.25, -0.2) is 0 Å².